The van der Waals surface area contributed by atoms with Crippen molar-refractivity contribution in [3.63, 3.8) is 0 Å². The lowest BCUT2D eigenvalue weighted by Crippen LogP contribution is -1.98. The van der Waals surface area contributed by atoms with Crippen LogP contribution in [0.15, 0.2) is 30.3 Å². The van der Waals surface area contributed by atoms with Gasteiger partial charge in [0.25, 0.3) is 0 Å². The SMILES string of the molecule is O=C(Cl)CSC(=O)c1ccccc1. The molecule has 1 rings (SSSR count). The summed E-state index contributed by atoms with van der Waals surface area (Å²) in [6.45, 7) is 0. The van der Waals surface area contributed by atoms with Gasteiger partial charge in [0, 0.05) is 5.56 Å². The fourth-order valence-corrected chi connectivity index (χ4v) is 1.49. The number of carbonyl (C=O) groups is 2. The van der Waals surface area contributed by atoms with Gasteiger partial charge in [0.15, 0.2) is 0 Å². The number of benzene rings is 1. The van der Waals surface area contributed by atoms with Crippen molar-refractivity contribution >= 4 is 33.7 Å². The molecule has 0 aliphatic rings. The van der Waals surface area contributed by atoms with E-state index in [4.69, 9.17) is 11.6 Å². The fourth-order valence-electron chi connectivity index (χ4n) is 0.780. The van der Waals surface area contributed by atoms with Crippen molar-refractivity contribution in [2.75, 3.05) is 5.75 Å². The molecule has 1 aromatic rings. The summed E-state index contributed by atoms with van der Waals surface area (Å²) in [5, 5.41) is -0.635. The second kappa shape index (κ2) is 5.04. The zero-order valence-electron chi connectivity index (χ0n) is 6.70. The van der Waals surface area contributed by atoms with Crippen LogP contribution < -0.4 is 0 Å². The first-order valence-electron chi connectivity index (χ1n) is 3.60. The molecule has 0 aromatic heterocycles. The summed E-state index contributed by atoms with van der Waals surface area (Å²) in [6, 6.07) is 8.78. The predicted molar refractivity (Wildman–Crippen MR) is 54.1 cm³/mol. The van der Waals surface area contributed by atoms with Crippen LogP contribution in [0, 0.1) is 0 Å². The molecular formula is C9H7ClO2S. The Kier molecular flexibility index (Phi) is 3.99. The van der Waals surface area contributed by atoms with Crippen LogP contribution in [0.5, 0.6) is 0 Å². The van der Waals surface area contributed by atoms with Gasteiger partial charge < -0.3 is 0 Å². The highest BCUT2D eigenvalue weighted by atomic mass is 35.5. The lowest BCUT2D eigenvalue weighted by Gasteiger charge is -1.96. The topological polar surface area (TPSA) is 34.1 Å². The van der Waals surface area contributed by atoms with Crippen LogP contribution in [-0.2, 0) is 4.79 Å². The smallest absolute Gasteiger partial charge is 0.232 e. The van der Waals surface area contributed by atoms with Gasteiger partial charge in [0.05, 0.1) is 5.75 Å². The first-order valence-corrected chi connectivity index (χ1v) is 4.97. The molecule has 1 aromatic carbocycles. The maximum absolute atomic E-state index is 11.3. The van der Waals surface area contributed by atoms with Crippen LogP contribution in [0.3, 0.4) is 0 Å². The molecule has 0 amide bonds. The molecular weight excluding hydrogens is 208 g/mol. The minimum Gasteiger partial charge on any atom is -0.282 e. The molecule has 0 heterocycles. The summed E-state index contributed by atoms with van der Waals surface area (Å²) in [6.07, 6.45) is 0. The minimum atomic E-state index is -0.505. The lowest BCUT2D eigenvalue weighted by molar-refractivity contribution is -0.109. The number of thioether (sulfide) groups is 1. The van der Waals surface area contributed by atoms with E-state index < -0.39 is 5.24 Å². The minimum absolute atomic E-state index is 0.0231. The van der Waals surface area contributed by atoms with Gasteiger partial charge in [0.1, 0.15) is 0 Å². The summed E-state index contributed by atoms with van der Waals surface area (Å²) in [7, 11) is 0. The molecule has 0 atom stereocenters. The summed E-state index contributed by atoms with van der Waals surface area (Å²) in [5.74, 6) is 0.0231. The fraction of sp³-hybridized carbons (Fsp3) is 0.111. The average Bonchev–Trinajstić information content (AvgIpc) is 2.15. The van der Waals surface area contributed by atoms with Crippen molar-refractivity contribution in [3.05, 3.63) is 35.9 Å². The van der Waals surface area contributed by atoms with Gasteiger partial charge >= 0.3 is 0 Å². The standard InChI is InChI=1S/C9H7ClO2S/c10-8(11)6-13-9(12)7-4-2-1-3-5-7/h1-5H,6H2. The molecule has 0 saturated heterocycles. The van der Waals surface area contributed by atoms with E-state index >= 15 is 0 Å². The molecule has 0 fully saturated rings. The predicted octanol–water partition coefficient (Wildman–Crippen LogP) is 2.33. The van der Waals surface area contributed by atoms with Gasteiger partial charge in [-0.05, 0) is 11.6 Å². The molecule has 0 aliphatic heterocycles. The van der Waals surface area contributed by atoms with Crippen molar-refractivity contribution in [2.45, 2.75) is 0 Å². The number of carbonyl (C=O) groups excluding carboxylic acids is 2. The molecule has 0 bridgehead atoms. The third-order valence-corrected chi connectivity index (χ3v) is 2.52. The van der Waals surface area contributed by atoms with Crippen LogP contribution in [0.25, 0.3) is 0 Å². The third-order valence-electron chi connectivity index (χ3n) is 1.33. The molecule has 13 heavy (non-hydrogen) atoms. The molecule has 0 spiro atoms. The number of halogens is 1. The quantitative estimate of drug-likeness (QED) is 0.725. The van der Waals surface area contributed by atoms with Crippen molar-refractivity contribution in [3.8, 4) is 0 Å². The van der Waals surface area contributed by atoms with E-state index in [1.807, 2.05) is 6.07 Å². The number of hydrogen-bond donors (Lipinski definition) is 0. The zero-order chi connectivity index (χ0) is 9.68. The van der Waals surface area contributed by atoms with Gasteiger partial charge in [-0.15, -0.1) is 0 Å². The molecule has 0 N–H and O–H groups in total. The Morgan fingerprint density at radius 1 is 1.23 bits per heavy atom. The van der Waals surface area contributed by atoms with Gasteiger partial charge in [0.2, 0.25) is 10.4 Å². The second-order valence-corrected chi connectivity index (χ2v) is 3.67. The Hall–Kier alpha value is -0.800. The monoisotopic (exact) mass is 214 g/mol. The van der Waals surface area contributed by atoms with Crippen molar-refractivity contribution in [2.24, 2.45) is 0 Å². The van der Waals surface area contributed by atoms with Crippen LogP contribution in [0.1, 0.15) is 10.4 Å². The number of hydrogen-bond acceptors (Lipinski definition) is 3. The van der Waals surface area contributed by atoms with Crippen molar-refractivity contribution < 1.29 is 9.59 Å². The van der Waals surface area contributed by atoms with Crippen LogP contribution in [0.4, 0.5) is 0 Å². The molecule has 0 radical (unpaired) electrons. The zero-order valence-corrected chi connectivity index (χ0v) is 8.27. The van der Waals surface area contributed by atoms with Crippen LogP contribution in [-0.4, -0.2) is 16.1 Å². The largest absolute Gasteiger partial charge is 0.282 e. The first-order chi connectivity index (χ1) is 6.20. The highest BCUT2D eigenvalue weighted by Crippen LogP contribution is 2.12. The summed E-state index contributed by atoms with van der Waals surface area (Å²) in [4.78, 5) is 21.7. The van der Waals surface area contributed by atoms with Crippen molar-refractivity contribution in [1.29, 1.82) is 0 Å². The maximum atomic E-state index is 11.3. The van der Waals surface area contributed by atoms with E-state index in [-0.39, 0.29) is 10.9 Å². The molecule has 0 unspecified atom stereocenters. The van der Waals surface area contributed by atoms with Gasteiger partial charge in [-0.25, -0.2) is 0 Å². The van der Waals surface area contributed by atoms with Crippen molar-refractivity contribution in [1.82, 2.24) is 0 Å². The highest BCUT2D eigenvalue weighted by Gasteiger charge is 2.07. The van der Waals surface area contributed by atoms with E-state index in [0.29, 0.717) is 5.56 Å². The Morgan fingerprint density at radius 2 is 1.85 bits per heavy atom. The van der Waals surface area contributed by atoms with Crippen LogP contribution in [0.2, 0.25) is 0 Å². The highest BCUT2D eigenvalue weighted by molar-refractivity contribution is 8.14. The molecule has 4 heteroatoms. The third kappa shape index (κ3) is 3.61. The second-order valence-electron chi connectivity index (χ2n) is 2.30. The Balaban J connectivity index is 2.54. The summed E-state index contributed by atoms with van der Waals surface area (Å²) < 4.78 is 0. The maximum Gasteiger partial charge on any atom is 0.232 e. The Labute approximate surface area is 85.3 Å². The Morgan fingerprint density at radius 3 is 2.38 bits per heavy atom. The first kappa shape index (κ1) is 10.3. The van der Waals surface area contributed by atoms with E-state index in [9.17, 15) is 9.59 Å². The molecule has 2 nitrogen and oxygen atoms in total. The van der Waals surface area contributed by atoms with Gasteiger partial charge in [-0.2, -0.15) is 0 Å². The van der Waals surface area contributed by atoms with E-state index in [1.54, 1.807) is 24.3 Å². The summed E-state index contributed by atoms with van der Waals surface area (Å²) >= 11 is 6.01. The van der Waals surface area contributed by atoms with E-state index in [1.165, 1.54) is 0 Å². The van der Waals surface area contributed by atoms with Crippen LogP contribution >= 0.6 is 23.4 Å². The summed E-state index contributed by atoms with van der Waals surface area (Å²) in [5.41, 5.74) is 0.588. The molecule has 0 saturated carbocycles. The average molecular weight is 215 g/mol. The van der Waals surface area contributed by atoms with E-state index in [0.717, 1.165) is 11.8 Å². The van der Waals surface area contributed by atoms with Gasteiger partial charge in [-0.1, -0.05) is 42.1 Å². The molecule has 0 aliphatic carbocycles. The lowest BCUT2D eigenvalue weighted by atomic mass is 10.2. The van der Waals surface area contributed by atoms with Gasteiger partial charge in [-0.3, -0.25) is 9.59 Å². The van der Waals surface area contributed by atoms with E-state index in [2.05, 4.69) is 0 Å². The number of rotatable bonds is 3. The molecule has 68 valence electrons. The Bertz CT molecular complexity index is 311. The normalized spacial score (nSPS) is 9.62.